The molecule has 5 rings (SSSR count). The van der Waals surface area contributed by atoms with Gasteiger partial charge in [0.25, 0.3) is 0 Å². The molecule has 0 unspecified atom stereocenters. The van der Waals surface area contributed by atoms with Crippen LogP contribution in [0.4, 0.5) is 0 Å². The molecule has 4 nitrogen and oxygen atoms in total. The molecular weight excluding hydrogens is 404 g/mol. The lowest BCUT2D eigenvalue weighted by Crippen LogP contribution is -2.30. The largest absolute Gasteiger partial charge is 0.303 e. The maximum Gasteiger partial charge on any atom is 0.218 e. The molecule has 0 bridgehead atoms. The first kappa shape index (κ1) is 20.9. The number of hydrogen-bond donors (Lipinski definition) is 0. The van der Waals surface area contributed by atoms with Crippen molar-refractivity contribution < 1.29 is 8.42 Å². The van der Waals surface area contributed by atoms with Gasteiger partial charge in [0.05, 0.1) is 5.75 Å². The minimum Gasteiger partial charge on any atom is -0.303 e. The first-order valence-electron chi connectivity index (χ1n) is 11.6. The van der Waals surface area contributed by atoms with Crippen LogP contribution in [0, 0.1) is 11.8 Å². The number of hydrogen-bond acceptors (Lipinski definition) is 3. The van der Waals surface area contributed by atoms with Crippen molar-refractivity contribution in [3.05, 3.63) is 77.4 Å². The molecule has 0 N–H and O–H groups in total. The van der Waals surface area contributed by atoms with E-state index in [9.17, 15) is 8.42 Å². The summed E-state index contributed by atoms with van der Waals surface area (Å²) in [6.45, 7) is 4.91. The highest BCUT2D eigenvalue weighted by Crippen LogP contribution is 2.44. The van der Waals surface area contributed by atoms with E-state index in [1.165, 1.54) is 42.6 Å². The summed E-state index contributed by atoms with van der Waals surface area (Å²) in [6.07, 6.45) is 7.11. The minimum atomic E-state index is -3.28. The van der Waals surface area contributed by atoms with Crippen molar-refractivity contribution in [1.82, 2.24) is 9.21 Å². The molecule has 2 atom stereocenters. The molecule has 2 saturated heterocycles. The summed E-state index contributed by atoms with van der Waals surface area (Å²) in [6, 6.07) is 18.5. The van der Waals surface area contributed by atoms with Crippen LogP contribution >= 0.6 is 0 Å². The van der Waals surface area contributed by atoms with E-state index in [4.69, 9.17) is 0 Å². The van der Waals surface area contributed by atoms with Crippen molar-refractivity contribution in [2.45, 2.75) is 31.4 Å². The van der Waals surface area contributed by atoms with E-state index in [0.29, 0.717) is 24.9 Å². The van der Waals surface area contributed by atoms with Crippen molar-refractivity contribution in [1.29, 1.82) is 0 Å². The highest BCUT2D eigenvalue weighted by molar-refractivity contribution is 7.88. The Kier molecular flexibility index (Phi) is 6.00. The number of nitrogens with zero attached hydrogens (tertiary/aromatic N) is 2. The van der Waals surface area contributed by atoms with Gasteiger partial charge in [0.2, 0.25) is 10.0 Å². The van der Waals surface area contributed by atoms with Gasteiger partial charge in [-0.2, -0.15) is 0 Å². The highest BCUT2D eigenvalue weighted by atomic mass is 32.2. The Balaban J connectivity index is 1.22. The van der Waals surface area contributed by atoms with Gasteiger partial charge in [-0.15, -0.1) is 0 Å². The van der Waals surface area contributed by atoms with E-state index in [1.54, 1.807) is 4.31 Å². The van der Waals surface area contributed by atoms with Gasteiger partial charge in [-0.25, -0.2) is 12.7 Å². The van der Waals surface area contributed by atoms with Crippen LogP contribution in [-0.2, 0) is 22.2 Å². The molecule has 0 spiro atoms. The Bertz CT molecular complexity index is 1020. The summed E-state index contributed by atoms with van der Waals surface area (Å²) in [5.74, 6) is 0.828. The average molecular weight is 437 g/mol. The predicted octanol–water partition coefficient (Wildman–Crippen LogP) is 4.19. The van der Waals surface area contributed by atoms with Gasteiger partial charge in [-0.05, 0) is 67.0 Å². The zero-order chi connectivity index (χ0) is 21.3. The Morgan fingerprint density at radius 1 is 0.871 bits per heavy atom. The maximum atomic E-state index is 13.0. The van der Waals surface area contributed by atoms with E-state index in [0.717, 1.165) is 24.9 Å². The molecule has 31 heavy (non-hydrogen) atoms. The highest BCUT2D eigenvalue weighted by Gasteiger charge is 2.42. The third-order valence-corrected chi connectivity index (χ3v) is 9.02. The molecule has 2 aromatic rings. The Labute approximate surface area is 186 Å². The zero-order valence-electron chi connectivity index (χ0n) is 18.1. The maximum absolute atomic E-state index is 13.0. The number of fused-ring (bicyclic) bond motifs is 1. The molecule has 0 aromatic heterocycles. The fourth-order valence-corrected chi connectivity index (χ4v) is 7.05. The van der Waals surface area contributed by atoms with Crippen molar-refractivity contribution >= 4 is 15.6 Å². The van der Waals surface area contributed by atoms with Gasteiger partial charge >= 0.3 is 0 Å². The standard InChI is InChI=1S/C26H32N2O2S/c29-31(30,20-22-6-2-1-3-7-22)28-18-24-12-13-25(26(24)19-28)23-10-8-21(9-11-23)14-17-27-15-4-5-16-27/h1-3,6-11,13,24,26H,4-5,12,14-20H2/t24-,26+/m1/s1. The quantitative estimate of drug-likeness (QED) is 0.653. The summed E-state index contributed by atoms with van der Waals surface area (Å²) in [5, 5.41) is 0. The lowest BCUT2D eigenvalue weighted by Gasteiger charge is -2.18. The summed E-state index contributed by atoms with van der Waals surface area (Å²) in [4.78, 5) is 2.56. The molecule has 164 valence electrons. The van der Waals surface area contributed by atoms with Crippen LogP contribution in [0.25, 0.3) is 5.57 Å². The second-order valence-corrected chi connectivity index (χ2v) is 11.3. The number of benzene rings is 2. The van der Waals surface area contributed by atoms with Gasteiger partial charge < -0.3 is 4.90 Å². The number of likely N-dealkylation sites (tertiary alicyclic amines) is 1. The Morgan fingerprint density at radius 2 is 1.61 bits per heavy atom. The van der Waals surface area contributed by atoms with Crippen molar-refractivity contribution in [2.75, 3.05) is 32.7 Å². The first-order valence-corrected chi connectivity index (χ1v) is 13.2. The lowest BCUT2D eigenvalue weighted by molar-refractivity contribution is 0.343. The van der Waals surface area contributed by atoms with Crippen molar-refractivity contribution in [3.63, 3.8) is 0 Å². The molecule has 1 aliphatic carbocycles. The monoisotopic (exact) mass is 436 g/mol. The van der Waals surface area contributed by atoms with Crippen LogP contribution in [0.2, 0.25) is 0 Å². The van der Waals surface area contributed by atoms with Gasteiger partial charge in [0.15, 0.2) is 0 Å². The van der Waals surface area contributed by atoms with Crippen LogP contribution in [0.15, 0.2) is 60.7 Å². The minimum absolute atomic E-state index is 0.0953. The van der Waals surface area contributed by atoms with Crippen LogP contribution in [0.3, 0.4) is 0 Å². The molecular formula is C26H32N2O2S. The topological polar surface area (TPSA) is 40.6 Å². The average Bonchev–Trinajstić information content (AvgIpc) is 3.51. The second kappa shape index (κ2) is 8.89. The van der Waals surface area contributed by atoms with Crippen LogP contribution < -0.4 is 0 Å². The van der Waals surface area contributed by atoms with E-state index in [2.05, 4.69) is 35.2 Å². The number of sulfonamides is 1. The molecule has 2 aromatic carbocycles. The second-order valence-electron chi connectivity index (χ2n) is 9.32. The van der Waals surface area contributed by atoms with Crippen molar-refractivity contribution in [3.8, 4) is 0 Å². The van der Waals surface area contributed by atoms with Gasteiger partial charge in [0, 0.05) is 25.6 Å². The third kappa shape index (κ3) is 4.64. The van der Waals surface area contributed by atoms with Gasteiger partial charge in [0.1, 0.15) is 0 Å². The van der Waals surface area contributed by atoms with E-state index in [1.807, 2.05) is 30.3 Å². The third-order valence-electron chi connectivity index (χ3n) is 7.24. The number of allylic oxidation sites excluding steroid dienone is 1. The molecule has 3 aliphatic rings. The molecule has 2 aliphatic heterocycles. The van der Waals surface area contributed by atoms with Crippen molar-refractivity contribution in [2.24, 2.45) is 11.8 Å². The Morgan fingerprint density at radius 3 is 2.35 bits per heavy atom. The molecule has 0 amide bonds. The predicted molar refractivity (Wildman–Crippen MR) is 126 cm³/mol. The van der Waals surface area contributed by atoms with E-state index >= 15 is 0 Å². The summed E-state index contributed by atoms with van der Waals surface area (Å²) in [7, 11) is -3.28. The summed E-state index contributed by atoms with van der Waals surface area (Å²) < 4.78 is 27.7. The molecule has 0 radical (unpaired) electrons. The smallest absolute Gasteiger partial charge is 0.218 e. The van der Waals surface area contributed by atoms with Crippen LogP contribution in [-0.4, -0.2) is 50.3 Å². The Hall–Kier alpha value is -1.95. The van der Waals surface area contributed by atoms with Gasteiger partial charge in [-0.3, -0.25) is 0 Å². The normalized spacial score (nSPS) is 24.5. The van der Waals surface area contributed by atoms with Crippen LogP contribution in [0.5, 0.6) is 0 Å². The fraction of sp³-hybridized carbons (Fsp3) is 0.462. The zero-order valence-corrected chi connectivity index (χ0v) is 18.9. The first-order chi connectivity index (χ1) is 15.1. The van der Waals surface area contributed by atoms with Gasteiger partial charge in [-0.1, -0.05) is 60.7 Å². The number of rotatable bonds is 7. The lowest BCUT2D eigenvalue weighted by atomic mass is 9.90. The molecule has 5 heteroatoms. The summed E-state index contributed by atoms with van der Waals surface area (Å²) >= 11 is 0. The fourth-order valence-electron chi connectivity index (χ4n) is 5.45. The molecule has 2 heterocycles. The van der Waals surface area contributed by atoms with E-state index in [-0.39, 0.29) is 5.75 Å². The van der Waals surface area contributed by atoms with E-state index < -0.39 is 10.0 Å². The summed E-state index contributed by atoms with van der Waals surface area (Å²) in [5.41, 5.74) is 4.86. The van der Waals surface area contributed by atoms with Crippen LogP contribution in [0.1, 0.15) is 36.0 Å². The molecule has 2 fully saturated rings. The molecule has 0 saturated carbocycles. The SMILES string of the molecule is O=S(=O)(Cc1ccccc1)N1C[C@H]2CC=C(c3ccc(CCN4CCCC4)cc3)[C@H]2C1.